The minimum absolute atomic E-state index is 0.244. The molecule has 0 N–H and O–H groups in total. The lowest BCUT2D eigenvalue weighted by Crippen LogP contribution is -2.42. The van der Waals surface area contributed by atoms with E-state index in [1.165, 1.54) is 18.4 Å². The van der Waals surface area contributed by atoms with E-state index in [2.05, 4.69) is 17.0 Å². The number of amides is 1. The van der Waals surface area contributed by atoms with Crippen LogP contribution in [0.1, 0.15) is 18.4 Å². The molecule has 0 unspecified atom stereocenters. The first-order chi connectivity index (χ1) is 11.6. The molecule has 1 aliphatic rings. The van der Waals surface area contributed by atoms with E-state index in [1.54, 1.807) is 18.9 Å². The predicted octanol–water partition coefficient (Wildman–Crippen LogP) is 2.77. The number of hydrogen-bond donors (Lipinski definition) is 0. The van der Waals surface area contributed by atoms with Crippen molar-refractivity contribution in [2.75, 3.05) is 52.3 Å². The van der Waals surface area contributed by atoms with Crippen molar-refractivity contribution in [1.82, 2.24) is 9.80 Å². The Morgan fingerprint density at radius 1 is 1.42 bits per heavy atom. The highest BCUT2D eigenvalue weighted by Crippen LogP contribution is 2.21. The molecule has 0 radical (unpaired) electrons. The molecule has 4 nitrogen and oxygen atoms in total. The third-order valence-corrected chi connectivity index (χ3v) is 5.25. The van der Waals surface area contributed by atoms with Gasteiger partial charge in [-0.15, -0.1) is 0 Å². The second-order valence-electron chi connectivity index (χ2n) is 6.58. The van der Waals surface area contributed by atoms with Crippen LogP contribution in [0.2, 0.25) is 0 Å². The van der Waals surface area contributed by atoms with Crippen LogP contribution in [0, 0.1) is 5.92 Å². The number of likely N-dealkylation sites (tertiary alicyclic amines) is 1. The van der Waals surface area contributed by atoms with Gasteiger partial charge in [-0.3, -0.25) is 4.79 Å². The number of benzene rings is 1. The molecule has 0 spiro atoms. The zero-order valence-electron chi connectivity index (χ0n) is 15.2. The van der Waals surface area contributed by atoms with E-state index in [4.69, 9.17) is 4.74 Å². The Morgan fingerprint density at radius 3 is 2.96 bits per heavy atom. The van der Waals surface area contributed by atoms with Crippen molar-refractivity contribution in [3.63, 3.8) is 0 Å². The van der Waals surface area contributed by atoms with Crippen LogP contribution in [0.5, 0.6) is 5.75 Å². The Bertz CT molecular complexity index is 524. The molecule has 1 aromatic rings. The molecule has 1 fully saturated rings. The summed E-state index contributed by atoms with van der Waals surface area (Å²) in [5, 5.41) is 0. The number of carbonyl (C=O) groups excluding carboxylic acids is 1. The third-order valence-electron chi connectivity index (χ3n) is 4.72. The normalized spacial score (nSPS) is 18.4. The standard InChI is InChI=1S/C19H30N2O2S/c1-20(19(22)15-24-3)13-16-7-6-11-21(14-16)12-10-17-8-4-5-9-18(17)23-2/h4-5,8-9,16H,6-7,10-15H2,1-3H3/t16-/m0/s1. The fourth-order valence-corrected chi connectivity index (χ4v) is 3.88. The maximum atomic E-state index is 12.0. The van der Waals surface area contributed by atoms with Gasteiger partial charge in [0.05, 0.1) is 12.9 Å². The number of hydrogen-bond acceptors (Lipinski definition) is 4. The van der Waals surface area contributed by atoms with E-state index >= 15 is 0 Å². The second kappa shape index (κ2) is 9.94. The number of ether oxygens (including phenoxy) is 1. The minimum atomic E-state index is 0.244. The van der Waals surface area contributed by atoms with Crippen molar-refractivity contribution in [2.24, 2.45) is 5.92 Å². The van der Waals surface area contributed by atoms with Crippen molar-refractivity contribution < 1.29 is 9.53 Å². The number of nitrogens with zero attached hydrogens (tertiary/aromatic N) is 2. The zero-order chi connectivity index (χ0) is 17.4. The van der Waals surface area contributed by atoms with Crippen LogP contribution in [-0.2, 0) is 11.2 Å². The number of carbonyl (C=O) groups is 1. The largest absolute Gasteiger partial charge is 0.496 e. The number of rotatable bonds is 8. The molecule has 1 saturated heterocycles. The SMILES string of the molecule is COc1ccccc1CCN1CCC[C@@H](CN(C)C(=O)CSC)C1. The molecule has 0 saturated carbocycles. The first kappa shape index (κ1) is 19.1. The monoisotopic (exact) mass is 350 g/mol. The van der Waals surface area contributed by atoms with Gasteiger partial charge in [0, 0.05) is 26.7 Å². The Morgan fingerprint density at radius 2 is 2.21 bits per heavy atom. The van der Waals surface area contributed by atoms with E-state index in [0.717, 1.165) is 38.3 Å². The Hall–Kier alpha value is -1.20. The Kier molecular flexibility index (Phi) is 7.92. The van der Waals surface area contributed by atoms with Gasteiger partial charge in [-0.2, -0.15) is 11.8 Å². The summed E-state index contributed by atoms with van der Waals surface area (Å²) in [5.74, 6) is 2.40. The maximum absolute atomic E-state index is 12.0. The molecule has 134 valence electrons. The van der Waals surface area contributed by atoms with Crippen molar-refractivity contribution in [1.29, 1.82) is 0 Å². The van der Waals surface area contributed by atoms with Crippen molar-refractivity contribution >= 4 is 17.7 Å². The van der Waals surface area contributed by atoms with Crippen LogP contribution < -0.4 is 4.74 Å². The van der Waals surface area contributed by atoms with E-state index in [9.17, 15) is 4.79 Å². The highest BCUT2D eigenvalue weighted by Gasteiger charge is 2.22. The van der Waals surface area contributed by atoms with Crippen LogP contribution in [0.3, 0.4) is 0 Å². The summed E-state index contributed by atoms with van der Waals surface area (Å²) in [4.78, 5) is 16.4. The van der Waals surface area contributed by atoms with Crippen LogP contribution in [0.15, 0.2) is 24.3 Å². The zero-order valence-corrected chi connectivity index (χ0v) is 16.0. The van der Waals surface area contributed by atoms with Crippen molar-refractivity contribution in [3.05, 3.63) is 29.8 Å². The van der Waals surface area contributed by atoms with Crippen molar-refractivity contribution in [3.8, 4) is 5.75 Å². The first-order valence-corrected chi connectivity index (χ1v) is 10.1. The average molecular weight is 351 g/mol. The van der Waals surface area contributed by atoms with Crippen LogP contribution in [-0.4, -0.2) is 68.1 Å². The van der Waals surface area contributed by atoms with Gasteiger partial charge >= 0.3 is 0 Å². The lowest BCUT2D eigenvalue weighted by Gasteiger charge is -2.34. The molecule has 24 heavy (non-hydrogen) atoms. The Labute approximate surface area is 150 Å². The number of thioether (sulfide) groups is 1. The van der Waals surface area contributed by atoms with Gasteiger partial charge in [-0.05, 0) is 49.6 Å². The summed E-state index contributed by atoms with van der Waals surface area (Å²) in [6.07, 6.45) is 5.44. The fraction of sp³-hybridized carbons (Fsp3) is 0.632. The molecule has 0 bridgehead atoms. The Balaban J connectivity index is 1.81. The molecule has 0 aliphatic carbocycles. The van der Waals surface area contributed by atoms with Gasteiger partial charge < -0.3 is 14.5 Å². The van der Waals surface area contributed by atoms with Crippen LogP contribution >= 0.6 is 11.8 Å². The molecular formula is C19H30N2O2S. The summed E-state index contributed by atoms with van der Waals surface area (Å²) >= 11 is 1.60. The van der Waals surface area contributed by atoms with Crippen LogP contribution in [0.4, 0.5) is 0 Å². The number of methoxy groups -OCH3 is 1. The van der Waals surface area contributed by atoms with E-state index in [-0.39, 0.29) is 5.91 Å². The quantitative estimate of drug-likeness (QED) is 0.722. The topological polar surface area (TPSA) is 32.8 Å². The summed E-state index contributed by atoms with van der Waals surface area (Å²) in [6, 6.07) is 8.26. The molecule has 5 heteroatoms. The summed E-state index contributed by atoms with van der Waals surface area (Å²) in [5.41, 5.74) is 1.27. The number of piperidine rings is 1. The van der Waals surface area contributed by atoms with Gasteiger partial charge in [-0.1, -0.05) is 18.2 Å². The third kappa shape index (κ3) is 5.71. The number of para-hydroxylation sites is 1. The summed E-state index contributed by atoms with van der Waals surface area (Å²) in [7, 11) is 3.67. The average Bonchev–Trinajstić information content (AvgIpc) is 2.60. The molecular weight excluding hydrogens is 320 g/mol. The first-order valence-electron chi connectivity index (χ1n) is 8.71. The summed E-state index contributed by atoms with van der Waals surface area (Å²) < 4.78 is 5.44. The highest BCUT2D eigenvalue weighted by atomic mass is 32.2. The second-order valence-corrected chi connectivity index (χ2v) is 7.44. The maximum Gasteiger partial charge on any atom is 0.232 e. The summed E-state index contributed by atoms with van der Waals surface area (Å²) in [6.45, 7) is 4.18. The van der Waals surface area contributed by atoms with E-state index in [0.29, 0.717) is 11.7 Å². The van der Waals surface area contributed by atoms with Crippen LogP contribution in [0.25, 0.3) is 0 Å². The lowest BCUT2D eigenvalue weighted by molar-refractivity contribution is -0.127. The lowest BCUT2D eigenvalue weighted by atomic mass is 9.97. The molecule has 0 aromatic heterocycles. The predicted molar refractivity (Wildman–Crippen MR) is 102 cm³/mol. The highest BCUT2D eigenvalue weighted by molar-refractivity contribution is 7.99. The van der Waals surface area contributed by atoms with E-state index < -0.39 is 0 Å². The van der Waals surface area contributed by atoms with Gasteiger partial charge in [0.1, 0.15) is 5.75 Å². The molecule has 1 heterocycles. The molecule has 1 atom stereocenters. The molecule has 1 aliphatic heterocycles. The minimum Gasteiger partial charge on any atom is -0.496 e. The smallest absolute Gasteiger partial charge is 0.232 e. The molecule has 1 aromatic carbocycles. The molecule has 1 amide bonds. The van der Waals surface area contributed by atoms with Gasteiger partial charge in [0.2, 0.25) is 5.91 Å². The van der Waals surface area contributed by atoms with Crippen molar-refractivity contribution in [2.45, 2.75) is 19.3 Å². The molecule has 2 rings (SSSR count). The van der Waals surface area contributed by atoms with E-state index in [1.807, 2.05) is 30.3 Å². The van der Waals surface area contributed by atoms with Gasteiger partial charge in [-0.25, -0.2) is 0 Å². The van der Waals surface area contributed by atoms with Gasteiger partial charge in [0.15, 0.2) is 0 Å². The van der Waals surface area contributed by atoms with Gasteiger partial charge in [0.25, 0.3) is 0 Å². The fourth-order valence-electron chi connectivity index (χ4n) is 3.41.